The van der Waals surface area contributed by atoms with Gasteiger partial charge in [0.1, 0.15) is 12.7 Å². The van der Waals surface area contributed by atoms with Crippen molar-refractivity contribution in [3.8, 4) is 5.69 Å². The van der Waals surface area contributed by atoms with Gasteiger partial charge in [0.05, 0.1) is 11.8 Å². The number of carbonyl (C=O) groups is 1. The highest BCUT2D eigenvalue weighted by molar-refractivity contribution is 5.94. The molecule has 0 saturated carbocycles. The third kappa shape index (κ3) is 4.27. The number of aromatic nitrogens is 3. The maximum atomic E-state index is 12.4. The summed E-state index contributed by atoms with van der Waals surface area (Å²) in [6, 6.07) is 15.6. The smallest absolute Gasteiger partial charge is 0.251 e. The number of aliphatic hydroxyl groups excluding tert-OH is 1. The van der Waals surface area contributed by atoms with Crippen LogP contribution in [-0.2, 0) is 13.0 Å². The third-order valence-electron chi connectivity index (χ3n) is 4.97. The quantitative estimate of drug-likeness (QED) is 0.679. The van der Waals surface area contributed by atoms with Crippen molar-refractivity contribution < 1.29 is 9.90 Å². The second-order valence-electron chi connectivity index (χ2n) is 7.01. The van der Waals surface area contributed by atoms with E-state index in [2.05, 4.69) is 38.5 Å². The average Bonchev–Trinajstić information content (AvgIpc) is 3.27. The van der Waals surface area contributed by atoms with Gasteiger partial charge in [0.2, 0.25) is 0 Å². The van der Waals surface area contributed by atoms with Gasteiger partial charge in [-0.1, -0.05) is 30.3 Å². The molecule has 7 heteroatoms. The Kier molecular flexibility index (Phi) is 5.45. The first kappa shape index (κ1) is 18.3. The monoisotopic (exact) mass is 377 g/mol. The fourth-order valence-corrected chi connectivity index (χ4v) is 3.52. The molecule has 1 atom stereocenters. The molecular formula is C21H23N5O2. The van der Waals surface area contributed by atoms with Crippen molar-refractivity contribution in [2.45, 2.75) is 19.1 Å². The Bertz CT molecular complexity index is 941. The fourth-order valence-electron chi connectivity index (χ4n) is 3.52. The number of aliphatic hydroxyl groups is 1. The highest BCUT2D eigenvalue weighted by Gasteiger charge is 2.19. The minimum Gasteiger partial charge on any atom is -0.390 e. The summed E-state index contributed by atoms with van der Waals surface area (Å²) >= 11 is 0. The van der Waals surface area contributed by atoms with Crippen LogP contribution in [0.15, 0.2) is 61.2 Å². The second-order valence-corrected chi connectivity index (χ2v) is 7.01. The lowest BCUT2D eigenvalue weighted by Gasteiger charge is -2.30. The highest BCUT2D eigenvalue weighted by atomic mass is 16.3. The van der Waals surface area contributed by atoms with Gasteiger partial charge in [-0.05, 0) is 35.7 Å². The molecule has 2 heterocycles. The van der Waals surface area contributed by atoms with E-state index < -0.39 is 6.10 Å². The van der Waals surface area contributed by atoms with Crippen LogP contribution < -0.4 is 5.32 Å². The molecule has 7 nitrogen and oxygen atoms in total. The Labute approximate surface area is 163 Å². The van der Waals surface area contributed by atoms with Gasteiger partial charge in [-0.3, -0.25) is 9.69 Å². The molecule has 2 aromatic carbocycles. The molecule has 4 rings (SSSR count). The highest BCUT2D eigenvalue weighted by Crippen LogP contribution is 2.18. The van der Waals surface area contributed by atoms with Gasteiger partial charge in [0.15, 0.2) is 0 Å². The van der Waals surface area contributed by atoms with Crippen molar-refractivity contribution in [2.75, 3.05) is 19.6 Å². The van der Waals surface area contributed by atoms with Gasteiger partial charge in [0, 0.05) is 31.7 Å². The molecule has 2 N–H and O–H groups in total. The molecular weight excluding hydrogens is 354 g/mol. The van der Waals surface area contributed by atoms with Crippen LogP contribution in [-0.4, -0.2) is 56.4 Å². The maximum absolute atomic E-state index is 12.4. The molecule has 0 saturated heterocycles. The van der Waals surface area contributed by atoms with Gasteiger partial charge < -0.3 is 10.4 Å². The summed E-state index contributed by atoms with van der Waals surface area (Å²) in [5.41, 5.74) is 3.98. The third-order valence-corrected chi connectivity index (χ3v) is 4.97. The topological polar surface area (TPSA) is 83.3 Å². The average molecular weight is 377 g/mol. The minimum atomic E-state index is -0.618. The molecule has 0 aliphatic carbocycles. The summed E-state index contributed by atoms with van der Waals surface area (Å²) in [6.07, 6.45) is 3.40. The number of nitrogens with zero attached hydrogens (tertiary/aromatic N) is 4. The zero-order valence-corrected chi connectivity index (χ0v) is 15.5. The first-order chi connectivity index (χ1) is 13.7. The van der Waals surface area contributed by atoms with Gasteiger partial charge in [0.25, 0.3) is 5.91 Å². The molecule has 28 heavy (non-hydrogen) atoms. The standard InChI is InChI=1S/C21H23N5O2/c27-20(13-25-9-8-16-4-1-2-5-18(16)12-25)11-23-21(28)17-6-3-7-19(10-17)26-15-22-14-24-26/h1-7,10,14-15,20,27H,8-9,11-13H2,(H,23,28). The molecule has 0 bridgehead atoms. The van der Waals surface area contributed by atoms with E-state index in [0.29, 0.717) is 12.1 Å². The van der Waals surface area contributed by atoms with Crippen LogP contribution in [0.5, 0.6) is 0 Å². The first-order valence-corrected chi connectivity index (χ1v) is 9.39. The maximum Gasteiger partial charge on any atom is 0.251 e. The number of benzene rings is 2. The number of hydrogen-bond donors (Lipinski definition) is 2. The number of β-amino-alcohol motifs (C(OH)–C–C–N with tert-alkyl or cyclic N) is 1. The predicted octanol–water partition coefficient (Wildman–Crippen LogP) is 1.42. The Balaban J connectivity index is 1.30. The van der Waals surface area contributed by atoms with Crippen molar-refractivity contribution in [2.24, 2.45) is 0 Å². The number of carbonyl (C=O) groups excluding carboxylic acids is 1. The van der Waals surface area contributed by atoms with Crippen LogP contribution in [0.2, 0.25) is 0 Å². The summed E-state index contributed by atoms with van der Waals surface area (Å²) in [4.78, 5) is 18.6. The number of fused-ring (bicyclic) bond motifs is 1. The van der Waals surface area contributed by atoms with Crippen LogP contribution in [0, 0.1) is 0 Å². The number of amides is 1. The zero-order valence-electron chi connectivity index (χ0n) is 15.5. The number of hydrogen-bond acceptors (Lipinski definition) is 5. The molecule has 3 aromatic rings. The molecule has 0 fully saturated rings. The van der Waals surface area contributed by atoms with E-state index in [9.17, 15) is 9.90 Å². The van der Waals surface area contributed by atoms with Gasteiger partial charge in [-0.2, -0.15) is 5.10 Å². The summed E-state index contributed by atoms with van der Waals surface area (Å²) < 4.78 is 1.60. The molecule has 144 valence electrons. The van der Waals surface area contributed by atoms with E-state index in [1.807, 2.05) is 12.1 Å². The largest absolute Gasteiger partial charge is 0.390 e. The fraction of sp³-hybridized carbons (Fsp3) is 0.286. The van der Waals surface area contributed by atoms with Gasteiger partial charge in [-0.15, -0.1) is 0 Å². The van der Waals surface area contributed by atoms with E-state index in [-0.39, 0.29) is 12.5 Å². The van der Waals surface area contributed by atoms with Crippen molar-refractivity contribution in [3.05, 3.63) is 77.9 Å². The van der Waals surface area contributed by atoms with E-state index in [4.69, 9.17) is 0 Å². The van der Waals surface area contributed by atoms with Crippen LogP contribution in [0.25, 0.3) is 5.69 Å². The van der Waals surface area contributed by atoms with Gasteiger partial charge >= 0.3 is 0 Å². The van der Waals surface area contributed by atoms with Crippen LogP contribution in [0.4, 0.5) is 0 Å². The molecule has 0 spiro atoms. The van der Waals surface area contributed by atoms with Crippen LogP contribution in [0.3, 0.4) is 0 Å². The minimum absolute atomic E-state index is 0.213. The summed E-state index contributed by atoms with van der Waals surface area (Å²) in [5, 5.41) is 17.3. The van der Waals surface area contributed by atoms with E-state index >= 15 is 0 Å². The van der Waals surface area contributed by atoms with Crippen molar-refractivity contribution in [3.63, 3.8) is 0 Å². The lowest BCUT2D eigenvalue weighted by atomic mass is 10.00. The number of rotatable bonds is 6. The van der Waals surface area contributed by atoms with Crippen LogP contribution >= 0.6 is 0 Å². The Morgan fingerprint density at radius 3 is 2.86 bits per heavy atom. The predicted molar refractivity (Wildman–Crippen MR) is 105 cm³/mol. The van der Waals surface area contributed by atoms with Crippen molar-refractivity contribution in [1.29, 1.82) is 0 Å². The van der Waals surface area contributed by atoms with Crippen molar-refractivity contribution >= 4 is 5.91 Å². The van der Waals surface area contributed by atoms with E-state index in [0.717, 1.165) is 25.2 Å². The molecule has 1 aromatic heterocycles. The van der Waals surface area contributed by atoms with Crippen LogP contribution in [0.1, 0.15) is 21.5 Å². The van der Waals surface area contributed by atoms with E-state index in [1.165, 1.54) is 17.5 Å². The SMILES string of the molecule is O=C(NCC(O)CN1CCc2ccccc2C1)c1cccc(-n2cncn2)c1. The van der Waals surface area contributed by atoms with Crippen molar-refractivity contribution in [1.82, 2.24) is 25.0 Å². The Morgan fingerprint density at radius 2 is 2.04 bits per heavy atom. The summed E-state index contributed by atoms with van der Waals surface area (Å²) in [6.45, 7) is 2.50. The molecule has 1 aliphatic rings. The Morgan fingerprint density at radius 1 is 1.18 bits per heavy atom. The zero-order chi connectivity index (χ0) is 19.3. The first-order valence-electron chi connectivity index (χ1n) is 9.39. The molecule has 0 radical (unpaired) electrons. The molecule has 1 aliphatic heterocycles. The summed E-state index contributed by atoms with van der Waals surface area (Å²) in [7, 11) is 0. The number of nitrogens with one attached hydrogen (secondary N) is 1. The lowest BCUT2D eigenvalue weighted by molar-refractivity contribution is 0.0842. The van der Waals surface area contributed by atoms with Gasteiger partial charge in [-0.25, -0.2) is 9.67 Å². The molecule has 1 unspecified atom stereocenters. The Hall–Kier alpha value is -3.03. The summed E-state index contributed by atoms with van der Waals surface area (Å²) in [5.74, 6) is -0.218. The second kappa shape index (κ2) is 8.33. The molecule has 1 amide bonds. The normalized spacial score (nSPS) is 15.0. The van der Waals surface area contributed by atoms with E-state index in [1.54, 1.807) is 29.2 Å². The lowest BCUT2D eigenvalue weighted by Crippen LogP contribution is -2.42.